The first-order valence-electron chi connectivity index (χ1n) is 15.1. The van der Waals surface area contributed by atoms with Gasteiger partial charge in [-0.15, -0.1) is 0 Å². The highest BCUT2D eigenvalue weighted by atomic mass is 16.5. The molecule has 5 atom stereocenters. The standard InChI is InChI=1S/C34H43N3O6/c1-18(2)31(34(40)35-17-23-14-20-7-8-21(23)13-20)37-27-12-10-24-25(16-28(27)39)26(36-19(3)38)11-9-22-15-29(41-4)32(42-5)33(43-6)30(22)24/h7-8,10,12,15-16,18,20-21,23,26,31H,9,11,13-14,17H2,1-6H3,(H,35,40)(H,36,38)(H,37,39)/t20?,21?,23?,26-,31-/m0/s1. The fraction of sp³-hybridized carbons (Fsp3) is 0.500. The van der Waals surface area contributed by atoms with Crippen LogP contribution < -0.4 is 35.6 Å². The van der Waals surface area contributed by atoms with Gasteiger partial charge in [0.15, 0.2) is 11.5 Å². The molecule has 3 aliphatic rings. The second-order valence-corrected chi connectivity index (χ2v) is 12.2. The fourth-order valence-corrected chi connectivity index (χ4v) is 7.00. The van der Waals surface area contributed by atoms with Gasteiger partial charge in [-0.3, -0.25) is 14.4 Å². The van der Waals surface area contributed by atoms with Crippen molar-refractivity contribution >= 4 is 17.5 Å². The lowest BCUT2D eigenvalue weighted by Crippen LogP contribution is -2.45. The van der Waals surface area contributed by atoms with Gasteiger partial charge in [-0.25, -0.2) is 0 Å². The Bertz CT molecular complexity index is 1490. The summed E-state index contributed by atoms with van der Waals surface area (Å²) in [4.78, 5) is 39.4. The highest BCUT2D eigenvalue weighted by molar-refractivity contribution is 5.86. The van der Waals surface area contributed by atoms with Crippen LogP contribution in [0.25, 0.3) is 11.1 Å². The van der Waals surface area contributed by atoms with E-state index in [0.717, 1.165) is 23.1 Å². The van der Waals surface area contributed by atoms with Crippen molar-refractivity contribution < 1.29 is 23.8 Å². The molecule has 3 unspecified atom stereocenters. The number of carbonyl (C=O) groups excluding carboxylic acids is 2. The van der Waals surface area contributed by atoms with Crippen LogP contribution in [-0.2, 0) is 16.0 Å². The highest BCUT2D eigenvalue weighted by Gasteiger charge is 2.36. The molecule has 5 rings (SSSR count). The van der Waals surface area contributed by atoms with Gasteiger partial charge >= 0.3 is 0 Å². The van der Waals surface area contributed by atoms with Crippen molar-refractivity contribution in [2.24, 2.45) is 23.7 Å². The Kier molecular flexibility index (Phi) is 8.99. The smallest absolute Gasteiger partial charge is 0.242 e. The summed E-state index contributed by atoms with van der Waals surface area (Å²) in [5, 5.41) is 9.45. The molecule has 43 heavy (non-hydrogen) atoms. The first-order chi connectivity index (χ1) is 20.6. The molecule has 2 aromatic carbocycles. The van der Waals surface area contributed by atoms with Crippen molar-refractivity contribution in [3.05, 3.63) is 57.8 Å². The number of allylic oxidation sites excluding steroid dienone is 2. The van der Waals surface area contributed by atoms with Crippen molar-refractivity contribution in [3.63, 3.8) is 0 Å². The van der Waals surface area contributed by atoms with E-state index in [0.29, 0.717) is 65.6 Å². The van der Waals surface area contributed by atoms with Crippen LogP contribution in [0.4, 0.5) is 5.69 Å². The molecule has 3 aliphatic carbocycles. The average molecular weight is 590 g/mol. The Labute approximate surface area is 253 Å². The monoisotopic (exact) mass is 589 g/mol. The first kappa shape index (κ1) is 30.4. The normalized spacial score (nSPS) is 22.2. The largest absolute Gasteiger partial charge is 0.493 e. The van der Waals surface area contributed by atoms with Gasteiger partial charge < -0.3 is 30.2 Å². The summed E-state index contributed by atoms with van der Waals surface area (Å²) in [5.41, 5.74) is 3.19. The minimum absolute atomic E-state index is 0.0627. The molecule has 2 aromatic rings. The number of hydrogen-bond donors (Lipinski definition) is 3. The van der Waals surface area contributed by atoms with Crippen molar-refractivity contribution in [1.29, 1.82) is 0 Å². The summed E-state index contributed by atoms with van der Waals surface area (Å²) < 4.78 is 17.2. The predicted octanol–water partition coefficient (Wildman–Crippen LogP) is 4.63. The second-order valence-electron chi connectivity index (χ2n) is 12.2. The Hall–Kier alpha value is -4.01. The lowest BCUT2D eigenvalue weighted by Gasteiger charge is -2.24. The van der Waals surface area contributed by atoms with E-state index in [2.05, 4.69) is 28.1 Å². The van der Waals surface area contributed by atoms with Crippen LogP contribution in [-0.4, -0.2) is 45.7 Å². The molecular weight excluding hydrogens is 546 g/mol. The van der Waals surface area contributed by atoms with Crippen molar-refractivity contribution in [3.8, 4) is 28.4 Å². The third kappa shape index (κ3) is 6.08. The lowest BCUT2D eigenvalue weighted by atomic mass is 9.93. The van der Waals surface area contributed by atoms with E-state index < -0.39 is 12.1 Å². The third-order valence-electron chi connectivity index (χ3n) is 9.13. The van der Waals surface area contributed by atoms with Crippen molar-refractivity contribution in [1.82, 2.24) is 10.6 Å². The van der Waals surface area contributed by atoms with Crippen LogP contribution in [0.2, 0.25) is 0 Å². The number of benzene rings is 1. The van der Waals surface area contributed by atoms with E-state index in [1.807, 2.05) is 26.0 Å². The molecule has 0 saturated heterocycles. The maximum Gasteiger partial charge on any atom is 0.242 e. The minimum Gasteiger partial charge on any atom is -0.493 e. The second kappa shape index (κ2) is 12.7. The van der Waals surface area contributed by atoms with E-state index in [1.54, 1.807) is 33.5 Å². The average Bonchev–Trinajstić information content (AvgIpc) is 3.53. The summed E-state index contributed by atoms with van der Waals surface area (Å²) in [6, 6.07) is 6.08. The van der Waals surface area contributed by atoms with Crippen LogP contribution in [0, 0.1) is 23.7 Å². The van der Waals surface area contributed by atoms with E-state index in [4.69, 9.17) is 14.2 Å². The first-order valence-corrected chi connectivity index (χ1v) is 15.1. The maximum absolute atomic E-state index is 13.8. The SMILES string of the molecule is COc1cc2c(c(OC)c1OC)-c1ccc(N[C@H](C(=O)NCC3CC4C=CC3C4)C(C)C)c(=O)cc1[C@@H](NC(C)=O)CC2. The molecule has 230 valence electrons. The number of fused-ring (bicyclic) bond motifs is 5. The number of anilines is 1. The Morgan fingerprint density at radius 2 is 1.77 bits per heavy atom. The zero-order chi connectivity index (χ0) is 30.8. The summed E-state index contributed by atoms with van der Waals surface area (Å²) in [7, 11) is 4.70. The molecule has 1 fully saturated rings. The number of carbonyl (C=O) groups is 2. The maximum atomic E-state index is 13.8. The number of amides is 2. The summed E-state index contributed by atoms with van der Waals surface area (Å²) in [6.45, 7) is 6.04. The molecular formula is C34H43N3O6. The van der Waals surface area contributed by atoms with E-state index in [-0.39, 0.29) is 23.2 Å². The summed E-state index contributed by atoms with van der Waals surface area (Å²) in [5.74, 6) is 2.75. The number of ether oxygens (including phenoxy) is 3. The number of nitrogens with one attached hydrogen (secondary N) is 3. The van der Waals surface area contributed by atoms with Crippen LogP contribution in [0.15, 0.2) is 41.2 Å². The van der Waals surface area contributed by atoms with Gasteiger partial charge in [-0.2, -0.15) is 0 Å². The fourth-order valence-electron chi connectivity index (χ4n) is 7.00. The molecule has 2 bridgehead atoms. The molecule has 0 heterocycles. The minimum atomic E-state index is -0.596. The van der Waals surface area contributed by atoms with Gasteiger partial charge in [0.1, 0.15) is 6.04 Å². The molecule has 1 saturated carbocycles. The molecule has 2 amide bonds. The number of methoxy groups -OCH3 is 3. The van der Waals surface area contributed by atoms with Crippen LogP contribution in [0.3, 0.4) is 0 Å². The zero-order valence-electron chi connectivity index (χ0n) is 25.9. The molecule has 0 radical (unpaired) electrons. The van der Waals surface area contributed by atoms with Crippen molar-refractivity contribution in [2.75, 3.05) is 33.2 Å². The van der Waals surface area contributed by atoms with Crippen LogP contribution in [0.1, 0.15) is 57.2 Å². The van der Waals surface area contributed by atoms with Gasteiger partial charge in [0.25, 0.3) is 0 Å². The Morgan fingerprint density at radius 1 is 1.00 bits per heavy atom. The van der Waals surface area contributed by atoms with E-state index in [9.17, 15) is 14.4 Å². The summed E-state index contributed by atoms with van der Waals surface area (Å²) >= 11 is 0. The number of aryl methyl sites for hydroxylation is 1. The molecule has 3 N–H and O–H groups in total. The van der Waals surface area contributed by atoms with E-state index in [1.165, 1.54) is 13.3 Å². The van der Waals surface area contributed by atoms with Gasteiger partial charge in [-0.05, 0) is 84.2 Å². The van der Waals surface area contributed by atoms with Gasteiger partial charge in [0, 0.05) is 19.0 Å². The highest BCUT2D eigenvalue weighted by Crippen LogP contribution is 2.50. The molecule has 0 aromatic heterocycles. The van der Waals surface area contributed by atoms with Gasteiger partial charge in [0.05, 0.1) is 33.1 Å². The van der Waals surface area contributed by atoms with Crippen LogP contribution >= 0.6 is 0 Å². The van der Waals surface area contributed by atoms with Crippen molar-refractivity contribution in [2.45, 2.75) is 58.5 Å². The topological polar surface area (TPSA) is 115 Å². The van der Waals surface area contributed by atoms with Gasteiger partial charge in [0.2, 0.25) is 23.0 Å². The zero-order valence-corrected chi connectivity index (χ0v) is 25.9. The Morgan fingerprint density at radius 3 is 2.37 bits per heavy atom. The third-order valence-corrected chi connectivity index (χ3v) is 9.13. The number of hydrogen-bond acceptors (Lipinski definition) is 7. The molecule has 9 nitrogen and oxygen atoms in total. The number of rotatable bonds is 10. The summed E-state index contributed by atoms with van der Waals surface area (Å²) in [6.07, 6.45) is 8.06. The lowest BCUT2D eigenvalue weighted by molar-refractivity contribution is -0.123. The predicted molar refractivity (Wildman–Crippen MR) is 167 cm³/mol. The quantitative estimate of drug-likeness (QED) is 0.346. The van der Waals surface area contributed by atoms with Crippen LogP contribution in [0.5, 0.6) is 17.2 Å². The Balaban J connectivity index is 1.53. The molecule has 0 aliphatic heterocycles. The molecule has 9 heteroatoms. The van der Waals surface area contributed by atoms with Gasteiger partial charge in [-0.1, -0.05) is 32.1 Å². The van der Waals surface area contributed by atoms with E-state index >= 15 is 0 Å². The molecule has 0 spiro atoms.